The first-order chi connectivity index (χ1) is 9.24. The second kappa shape index (κ2) is 7.21. The highest BCUT2D eigenvalue weighted by atomic mass is 16.5. The third kappa shape index (κ3) is 4.96. The van der Waals surface area contributed by atoms with Crippen LogP contribution < -0.4 is 10.6 Å². The maximum absolute atomic E-state index is 11.7. The summed E-state index contributed by atoms with van der Waals surface area (Å²) in [7, 11) is 0. The van der Waals surface area contributed by atoms with E-state index in [1.54, 1.807) is 6.07 Å². The number of hydrogen-bond acceptors (Lipinski definition) is 4. The molecule has 104 valence electrons. The number of nitrogens with zero attached hydrogens (tertiary/aromatic N) is 1. The van der Waals surface area contributed by atoms with Crippen LogP contribution in [0.4, 0.5) is 5.82 Å². The quantitative estimate of drug-likeness (QED) is 0.845. The minimum atomic E-state index is -0.0490. The Balaban J connectivity index is 1.67. The Hall–Kier alpha value is -1.46. The molecule has 0 spiro atoms. The molecule has 1 aliphatic heterocycles. The lowest BCUT2D eigenvalue weighted by Gasteiger charge is -2.22. The molecule has 5 heteroatoms. The Bertz CT molecular complexity index is 417. The topological polar surface area (TPSA) is 63.2 Å². The van der Waals surface area contributed by atoms with Gasteiger partial charge in [-0.3, -0.25) is 4.79 Å². The molecule has 2 rings (SSSR count). The zero-order valence-electron chi connectivity index (χ0n) is 11.3. The zero-order valence-corrected chi connectivity index (χ0v) is 11.3. The van der Waals surface area contributed by atoms with Gasteiger partial charge < -0.3 is 15.4 Å². The maximum Gasteiger partial charge on any atom is 0.227 e. The second-order valence-electron chi connectivity index (χ2n) is 4.78. The van der Waals surface area contributed by atoms with Gasteiger partial charge in [-0.1, -0.05) is 6.07 Å². The van der Waals surface area contributed by atoms with Crippen molar-refractivity contribution >= 4 is 11.7 Å². The first-order valence-corrected chi connectivity index (χ1v) is 6.80. The van der Waals surface area contributed by atoms with Crippen LogP contribution in [0.1, 0.15) is 25.0 Å². The Morgan fingerprint density at radius 3 is 3.00 bits per heavy atom. The molecule has 19 heavy (non-hydrogen) atoms. The molecule has 0 aromatic carbocycles. The van der Waals surface area contributed by atoms with Gasteiger partial charge in [0.2, 0.25) is 5.91 Å². The molecular weight excluding hydrogens is 242 g/mol. The highest BCUT2D eigenvalue weighted by Crippen LogP contribution is 2.08. The van der Waals surface area contributed by atoms with E-state index >= 15 is 0 Å². The fourth-order valence-corrected chi connectivity index (χ4v) is 2.10. The Labute approximate surface area is 113 Å². The van der Waals surface area contributed by atoms with Gasteiger partial charge in [0.05, 0.1) is 19.1 Å². The smallest absolute Gasteiger partial charge is 0.227 e. The number of piperidine rings is 1. The summed E-state index contributed by atoms with van der Waals surface area (Å²) in [5.41, 5.74) is 0.892. The highest BCUT2D eigenvalue weighted by Gasteiger charge is 2.13. The maximum atomic E-state index is 11.7. The van der Waals surface area contributed by atoms with Gasteiger partial charge in [-0.05, 0) is 45.0 Å². The van der Waals surface area contributed by atoms with Crippen molar-refractivity contribution in [1.29, 1.82) is 0 Å². The number of anilines is 1. The van der Waals surface area contributed by atoms with E-state index in [-0.39, 0.29) is 5.91 Å². The largest absolute Gasteiger partial charge is 0.378 e. The van der Waals surface area contributed by atoms with Crippen molar-refractivity contribution in [2.75, 3.05) is 25.0 Å². The lowest BCUT2D eigenvalue weighted by atomic mass is 10.1. The van der Waals surface area contributed by atoms with Crippen LogP contribution in [0, 0.1) is 6.92 Å². The molecule has 0 unspecified atom stereocenters. The lowest BCUT2D eigenvalue weighted by Crippen LogP contribution is -2.33. The molecule has 1 saturated heterocycles. The number of ether oxygens (including phenoxy) is 1. The molecule has 5 nitrogen and oxygen atoms in total. The molecule has 0 saturated carbocycles. The second-order valence-corrected chi connectivity index (χ2v) is 4.78. The van der Waals surface area contributed by atoms with Gasteiger partial charge in [0.25, 0.3) is 0 Å². The van der Waals surface area contributed by atoms with Gasteiger partial charge in [-0.25, -0.2) is 4.98 Å². The Kier molecular flexibility index (Phi) is 5.30. The van der Waals surface area contributed by atoms with Crippen molar-refractivity contribution in [1.82, 2.24) is 10.3 Å². The molecule has 1 fully saturated rings. The van der Waals surface area contributed by atoms with E-state index in [0.29, 0.717) is 24.9 Å². The van der Waals surface area contributed by atoms with E-state index < -0.39 is 0 Å². The van der Waals surface area contributed by atoms with Crippen LogP contribution in [0.2, 0.25) is 0 Å². The molecule has 1 aliphatic rings. The molecule has 1 aromatic heterocycles. The van der Waals surface area contributed by atoms with Gasteiger partial charge in [0, 0.05) is 5.69 Å². The summed E-state index contributed by atoms with van der Waals surface area (Å²) in [6.07, 6.45) is 2.73. The van der Waals surface area contributed by atoms with E-state index in [1.807, 2.05) is 19.1 Å². The van der Waals surface area contributed by atoms with Gasteiger partial charge in [-0.15, -0.1) is 0 Å². The summed E-state index contributed by atoms with van der Waals surface area (Å²) in [5.74, 6) is 0.555. The van der Waals surface area contributed by atoms with Crippen molar-refractivity contribution in [3.8, 4) is 0 Å². The number of rotatable bonds is 5. The van der Waals surface area contributed by atoms with E-state index in [9.17, 15) is 4.79 Å². The number of aryl methyl sites for hydroxylation is 1. The van der Waals surface area contributed by atoms with Gasteiger partial charge in [0.1, 0.15) is 5.82 Å². The molecule has 2 N–H and O–H groups in total. The first kappa shape index (κ1) is 14.0. The average Bonchev–Trinajstić information content (AvgIpc) is 2.40. The summed E-state index contributed by atoms with van der Waals surface area (Å²) in [6, 6.07) is 5.57. The molecular formula is C14H21N3O2. The SMILES string of the molecule is Cc1cccc(NC(=O)CCOC2CCNCC2)n1. The third-order valence-corrected chi connectivity index (χ3v) is 3.12. The normalized spacial score (nSPS) is 16.3. The van der Waals surface area contributed by atoms with E-state index in [1.165, 1.54) is 0 Å². The van der Waals surface area contributed by atoms with Crippen LogP contribution in [-0.4, -0.2) is 36.7 Å². The van der Waals surface area contributed by atoms with Crippen LogP contribution in [0.25, 0.3) is 0 Å². The van der Waals surface area contributed by atoms with Crippen molar-refractivity contribution in [2.24, 2.45) is 0 Å². The van der Waals surface area contributed by atoms with Crippen LogP contribution in [0.15, 0.2) is 18.2 Å². The predicted molar refractivity (Wildman–Crippen MR) is 74.1 cm³/mol. The summed E-state index contributed by atoms with van der Waals surface area (Å²) in [6.45, 7) is 4.38. The number of carbonyl (C=O) groups excluding carboxylic acids is 1. The van der Waals surface area contributed by atoms with E-state index in [4.69, 9.17) is 4.74 Å². The van der Waals surface area contributed by atoms with Crippen molar-refractivity contribution in [3.63, 3.8) is 0 Å². The number of amides is 1. The summed E-state index contributed by atoms with van der Waals surface area (Å²) >= 11 is 0. The van der Waals surface area contributed by atoms with Crippen LogP contribution in [0.3, 0.4) is 0 Å². The summed E-state index contributed by atoms with van der Waals surface area (Å²) < 4.78 is 5.69. The molecule has 0 bridgehead atoms. The number of hydrogen-bond donors (Lipinski definition) is 2. The molecule has 0 atom stereocenters. The van der Waals surface area contributed by atoms with Crippen molar-refractivity contribution in [3.05, 3.63) is 23.9 Å². The predicted octanol–water partition coefficient (Wildman–Crippen LogP) is 1.49. The Morgan fingerprint density at radius 1 is 1.47 bits per heavy atom. The van der Waals surface area contributed by atoms with E-state index in [2.05, 4.69) is 15.6 Å². The summed E-state index contributed by atoms with van der Waals surface area (Å²) in [4.78, 5) is 16.0. The average molecular weight is 263 g/mol. The van der Waals surface area contributed by atoms with E-state index in [0.717, 1.165) is 31.6 Å². The van der Waals surface area contributed by atoms with Crippen LogP contribution >= 0.6 is 0 Å². The molecule has 0 aliphatic carbocycles. The van der Waals surface area contributed by atoms with Gasteiger partial charge in [-0.2, -0.15) is 0 Å². The van der Waals surface area contributed by atoms with Crippen molar-refractivity contribution in [2.45, 2.75) is 32.3 Å². The Morgan fingerprint density at radius 2 is 2.26 bits per heavy atom. The van der Waals surface area contributed by atoms with Crippen molar-refractivity contribution < 1.29 is 9.53 Å². The van der Waals surface area contributed by atoms with Gasteiger partial charge >= 0.3 is 0 Å². The summed E-state index contributed by atoms with van der Waals surface area (Å²) in [5, 5.41) is 6.06. The highest BCUT2D eigenvalue weighted by molar-refractivity contribution is 5.89. The molecule has 1 amide bonds. The zero-order chi connectivity index (χ0) is 13.5. The minimum absolute atomic E-state index is 0.0490. The molecule has 0 radical (unpaired) electrons. The third-order valence-electron chi connectivity index (χ3n) is 3.12. The number of nitrogens with one attached hydrogen (secondary N) is 2. The number of aromatic nitrogens is 1. The molecule has 1 aromatic rings. The fraction of sp³-hybridized carbons (Fsp3) is 0.571. The number of pyridine rings is 1. The van der Waals surface area contributed by atoms with Crippen LogP contribution in [-0.2, 0) is 9.53 Å². The number of carbonyl (C=O) groups is 1. The lowest BCUT2D eigenvalue weighted by molar-refractivity contribution is -0.117. The van der Waals surface area contributed by atoms with Gasteiger partial charge in [0.15, 0.2) is 0 Å². The minimum Gasteiger partial charge on any atom is -0.378 e. The standard InChI is InChI=1S/C14H21N3O2/c1-11-3-2-4-13(16-11)17-14(18)7-10-19-12-5-8-15-9-6-12/h2-4,12,15H,5-10H2,1H3,(H,16,17,18). The monoisotopic (exact) mass is 263 g/mol. The first-order valence-electron chi connectivity index (χ1n) is 6.80. The molecule has 2 heterocycles. The van der Waals surface area contributed by atoms with Crippen LogP contribution in [0.5, 0.6) is 0 Å². The fourth-order valence-electron chi connectivity index (χ4n) is 2.10.